The molecule has 0 saturated carbocycles. The second-order valence-electron chi connectivity index (χ2n) is 4.27. The fourth-order valence-corrected chi connectivity index (χ4v) is 2.46. The molecule has 0 aromatic rings. The number of nitrogens with zero attached hydrogens (tertiary/aromatic N) is 1. The summed E-state index contributed by atoms with van der Waals surface area (Å²) in [5.41, 5.74) is -1.46. The van der Waals surface area contributed by atoms with E-state index in [1.807, 2.05) is 6.92 Å². The predicted octanol–water partition coefficient (Wildman–Crippen LogP) is 0.806. The van der Waals surface area contributed by atoms with E-state index < -0.39 is 21.7 Å². The second kappa shape index (κ2) is 6.32. The van der Waals surface area contributed by atoms with E-state index in [4.69, 9.17) is 5.11 Å². The first-order valence-corrected chi connectivity index (χ1v) is 7.12. The molecule has 0 amide bonds. The van der Waals surface area contributed by atoms with Gasteiger partial charge in [-0.1, -0.05) is 20.3 Å². The molecule has 0 spiro atoms. The number of hydrogen-bond donors (Lipinski definition) is 2. The van der Waals surface area contributed by atoms with Crippen molar-refractivity contribution in [1.29, 1.82) is 0 Å². The van der Waals surface area contributed by atoms with E-state index in [2.05, 4.69) is 4.72 Å². The van der Waals surface area contributed by atoms with E-state index in [1.165, 1.54) is 14.0 Å². The third-order valence-corrected chi connectivity index (χ3v) is 4.48. The third kappa shape index (κ3) is 4.61. The Morgan fingerprint density at radius 1 is 1.41 bits per heavy atom. The minimum atomic E-state index is -3.74. The van der Waals surface area contributed by atoms with E-state index in [9.17, 15) is 13.2 Å². The van der Waals surface area contributed by atoms with Crippen LogP contribution in [0.15, 0.2) is 0 Å². The van der Waals surface area contributed by atoms with Crippen molar-refractivity contribution >= 4 is 16.2 Å². The molecule has 0 bridgehead atoms. The van der Waals surface area contributed by atoms with Crippen LogP contribution in [0.25, 0.3) is 0 Å². The highest BCUT2D eigenvalue weighted by Crippen LogP contribution is 2.12. The molecule has 0 aromatic carbocycles. The smallest absolute Gasteiger partial charge is 0.324 e. The Labute approximate surface area is 103 Å². The normalized spacial score (nSPS) is 15.8. The van der Waals surface area contributed by atoms with Crippen molar-refractivity contribution in [3.63, 3.8) is 0 Å². The lowest BCUT2D eigenvalue weighted by Gasteiger charge is -2.27. The van der Waals surface area contributed by atoms with E-state index in [1.54, 1.807) is 6.92 Å². The predicted molar refractivity (Wildman–Crippen MR) is 65.9 cm³/mol. The molecule has 0 heterocycles. The first-order valence-electron chi connectivity index (χ1n) is 5.68. The van der Waals surface area contributed by atoms with Gasteiger partial charge >= 0.3 is 5.97 Å². The van der Waals surface area contributed by atoms with Gasteiger partial charge in [-0.15, -0.1) is 0 Å². The Balaban J connectivity index is 4.79. The van der Waals surface area contributed by atoms with Crippen molar-refractivity contribution in [2.45, 2.75) is 45.6 Å². The highest BCUT2D eigenvalue weighted by molar-refractivity contribution is 7.87. The lowest BCUT2D eigenvalue weighted by atomic mass is 10.0. The number of nitrogens with one attached hydrogen (secondary N) is 1. The molecular weight excluding hydrogens is 244 g/mol. The van der Waals surface area contributed by atoms with Crippen LogP contribution in [0.1, 0.15) is 40.0 Å². The van der Waals surface area contributed by atoms with Crippen LogP contribution >= 0.6 is 0 Å². The van der Waals surface area contributed by atoms with Gasteiger partial charge in [-0.05, 0) is 19.8 Å². The minimum Gasteiger partial charge on any atom is -0.480 e. The highest BCUT2D eigenvalue weighted by atomic mass is 32.2. The van der Waals surface area contributed by atoms with Crippen LogP contribution < -0.4 is 4.72 Å². The summed E-state index contributed by atoms with van der Waals surface area (Å²) in [4.78, 5) is 11.0. The molecule has 0 aliphatic carbocycles. The van der Waals surface area contributed by atoms with Gasteiger partial charge in [0.05, 0.1) is 0 Å². The standard InChI is InChI=1S/C10H22N2O4S/c1-5-7-8-12(4)17(15,16)11-10(3,6-2)9(13)14/h11H,5-8H2,1-4H3,(H,13,14). The maximum Gasteiger partial charge on any atom is 0.324 e. The summed E-state index contributed by atoms with van der Waals surface area (Å²) >= 11 is 0. The largest absolute Gasteiger partial charge is 0.480 e. The number of rotatable bonds is 8. The molecule has 102 valence electrons. The van der Waals surface area contributed by atoms with Crippen molar-refractivity contribution in [1.82, 2.24) is 9.03 Å². The fraction of sp³-hybridized carbons (Fsp3) is 0.900. The lowest BCUT2D eigenvalue weighted by molar-refractivity contribution is -0.143. The van der Waals surface area contributed by atoms with Gasteiger partial charge < -0.3 is 5.11 Å². The van der Waals surface area contributed by atoms with Gasteiger partial charge in [-0.2, -0.15) is 17.4 Å². The third-order valence-electron chi connectivity index (χ3n) is 2.77. The first-order chi connectivity index (χ1) is 7.69. The van der Waals surface area contributed by atoms with E-state index in [-0.39, 0.29) is 6.42 Å². The lowest BCUT2D eigenvalue weighted by Crippen LogP contribution is -2.55. The molecule has 17 heavy (non-hydrogen) atoms. The van der Waals surface area contributed by atoms with Gasteiger partial charge in [0.15, 0.2) is 0 Å². The van der Waals surface area contributed by atoms with Gasteiger partial charge in [0.25, 0.3) is 10.2 Å². The molecule has 0 aromatic heterocycles. The van der Waals surface area contributed by atoms with Crippen LogP contribution in [0.2, 0.25) is 0 Å². The van der Waals surface area contributed by atoms with Crippen molar-refractivity contribution in [2.75, 3.05) is 13.6 Å². The summed E-state index contributed by atoms with van der Waals surface area (Å²) in [6.45, 7) is 5.33. The summed E-state index contributed by atoms with van der Waals surface area (Å²) in [5.74, 6) is -1.17. The van der Waals surface area contributed by atoms with Crippen LogP contribution in [-0.2, 0) is 15.0 Å². The summed E-state index contributed by atoms with van der Waals surface area (Å²) in [6, 6.07) is 0. The van der Waals surface area contributed by atoms with Gasteiger partial charge in [-0.25, -0.2) is 0 Å². The zero-order valence-corrected chi connectivity index (χ0v) is 11.7. The molecule has 0 fully saturated rings. The molecular formula is C10H22N2O4S. The molecule has 0 radical (unpaired) electrons. The number of carboxylic acids is 1. The number of carbonyl (C=O) groups is 1. The quantitative estimate of drug-likeness (QED) is 0.680. The molecule has 0 rings (SSSR count). The van der Waals surface area contributed by atoms with Gasteiger partial charge in [0, 0.05) is 13.6 Å². The molecule has 1 atom stereocenters. The van der Waals surface area contributed by atoms with E-state index >= 15 is 0 Å². The Morgan fingerprint density at radius 2 is 1.94 bits per heavy atom. The summed E-state index contributed by atoms with van der Waals surface area (Å²) in [7, 11) is -2.30. The monoisotopic (exact) mass is 266 g/mol. The molecule has 6 nitrogen and oxygen atoms in total. The first kappa shape index (κ1) is 16.3. The van der Waals surface area contributed by atoms with Crippen LogP contribution in [0.3, 0.4) is 0 Å². The molecule has 7 heteroatoms. The minimum absolute atomic E-state index is 0.184. The Kier molecular flexibility index (Phi) is 6.08. The van der Waals surface area contributed by atoms with Crippen LogP contribution in [0.5, 0.6) is 0 Å². The van der Waals surface area contributed by atoms with Crippen molar-refractivity contribution in [3.05, 3.63) is 0 Å². The molecule has 1 unspecified atom stereocenters. The second-order valence-corrected chi connectivity index (χ2v) is 6.05. The van der Waals surface area contributed by atoms with Gasteiger partial charge in [-0.3, -0.25) is 4.79 Å². The van der Waals surface area contributed by atoms with Crippen molar-refractivity contribution < 1.29 is 18.3 Å². The van der Waals surface area contributed by atoms with E-state index in [0.29, 0.717) is 6.54 Å². The van der Waals surface area contributed by atoms with Crippen molar-refractivity contribution in [2.24, 2.45) is 0 Å². The number of unbranched alkanes of at least 4 members (excludes halogenated alkanes) is 1. The molecule has 0 saturated heterocycles. The summed E-state index contributed by atoms with van der Waals surface area (Å²) in [5, 5.41) is 9.01. The number of aliphatic carboxylic acids is 1. The zero-order valence-electron chi connectivity index (χ0n) is 10.9. The molecule has 2 N–H and O–H groups in total. The Morgan fingerprint density at radius 3 is 2.29 bits per heavy atom. The molecule has 0 aliphatic rings. The van der Waals surface area contributed by atoms with Gasteiger partial charge in [0.2, 0.25) is 0 Å². The number of carboxylic acid groups (broad SMARTS) is 1. The van der Waals surface area contributed by atoms with E-state index in [0.717, 1.165) is 17.1 Å². The fourth-order valence-electron chi connectivity index (χ4n) is 1.13. The maximum absolute atomic E-state index is 11.9. The topological polar surface area (TPSA) is 86.7 Å². The van der Waals surface area contributed by atoms with Crippen molar-refractivity contribution in [3.8, 4) is 0 Å². The molecule has 0 aliphatic heterocycles. The van der Waals surface area contributed by atoms with Crippen LogP contribution in [0, 0.1) is 0 Å². The number of hydrogen-bond acceptors (Lipinski definition) is 3. The summed E-state index contributed by atoms with van der Waals surface area (Å²) < 4.78 is 27.1. The van der Waals surface area contributed by atoms with Crippen LogP contribution in [-0.4, -0.2) is 42.9 Å². The van der Waals surface area contributed by atoms with Gasteiger partial charge in [0.1, 0.15) is 5.54 Å². The maximum atomic E-state index is 11.9. The highest BCUT2D eigenvalue weighted by Gasteiger charge is 2.36. The SMILES string of the molecule is CCCCN(C)S(=O)(=O)NC(C)(CC)C(=O)O. The Hall–Kier alpha value is -0.660. The Bertz CT molecular complexity index is 355. The average molecular weight is 266 g/mol. The van der Waals surface area contributed by atoms with Crippen LogP contribution in [0.4, 0.5) is 0 Å². The average Bonchev–Trinajstić information content (AvgIpc) is 2.24. The zero-order chi connectivity index (χ0) is 13.7. The summed E-state index contributed by atoms with van der Waals surface area (Å²) in [6.07, 6.45) is 1.81.